The van der Waals surface area contributed by atoms with Gasteiger partial charge in [-0.2, -0.15) is 4.31 Å². The quantitative estimate of drug-likeness (QED) is 0.651. The summed E-state index contributed by atoms with van der Waals surface area (Å²) in [4.78, 5) is 17.2. The molecule has 0 N–H and O–H groups in total. The zero-order valence-electron chi connectivity index (χ0n) is 19.1. The molecule has 0 atom stereocenters. The number of benzene rings is 2. The van der Waals surface area contributed by atoms with E-state index in [4.69, 9.17) is 9.47 Å². The fourth-order valence-corrected chi connectivity index (χ4v) is 6.69. The van der Waals surface area contributed by atoms with E-state index in [1.165, 1.54) is 0 Å². The van der Waals surface area contributed by atoms with Gasteiger partial charge in [-0.25, -0.2) is 8.42 Å². The SMILES string of the molecule is O=C(C1CCC1)N1CCc2cc(S(=O)(=O)N3CCN(Cc4ccc5c(c4)OCO5)CC3)ccc21. The van der Waals surface area contributed by atoms with Crippen molar-refractivity contribution < 1.29 is 22.7 Å². The second-order valence-electron chi connectivity index (χ2n) is 9.53. The molecule has 0 unspecified atom stereocenters. The van der Waals surface area contributed by atoms with Crippen molar-refractivity contribution >= 4 is 21.6 Å². The minimum absolute atomic E-state index is 0.142. The molecule has 2 fully saturated rings. The van der Waals surface area contributed by atoms with E-state index in [1.807, 2.05) is 29.2 Å². The molecule has 0 aromatic heterocycles. The molecule has 1 amide bonds. The van der Waals surface area contributed by atoms with Gasteiger partial charge in [0.05, 0.1) is 4.90 Å². The molecule has 6 rings (SSSR count). The Morgan fingerprint density at radius 3 is 2.50 bits per heavy atom. The Hall–Kier alpha value is -2.62. The maximum atomic E-state index is 13.4. The number of carbonyl (C=O) groups excluding carboxylic acids is 1. The lowest BCUT2D eigenvalue weighted by atomic mass is 9.84. The average molecular weight is 484 g/mol. The van der Waals surface area contributed by atoms with Crippen LogP contribution in [0.15, 0.2) is 41.3 Å². The van der Waals surface area contributed by atoms with Gasteiger partial charge in [0.15, 0.2) is 11.5 Å². The number of hydrogen-bond donors (Lipinski definition) is 0. The Balaban J connectivity index is 1.10. The van der Waals surface area contributed by atoms with E-state index in [9.17, 15) is 13.2 Å². The summed E-state index contributed by atoms with van der Waals surface area (Å²) in [7, 11) is -3.57. The Kier molecular flexibility index (Phi) is 5.50. The van der Waals surface area contributed by atoms with E-state index in [2.05, 4.69) is 4.90 Å². The van der Waals surface area contributed by atoms with Gasteiger partial charge in [0.25, 0.3) is 0 Å². The third-order valence-electron chi connectivity index (χ3n) is 7.48. The largest absolute Gasteiger partial charge is 0.454 e. The lowest BCUT2D eigenvalue weighted by molar-refractivity contribution is -0.124. The highest BCUT2D eigenvalue weighted by molar-refractivity contribution is 7.89. The minimum atomic E-state index is -3.57. The van der Waals surface area contributed by atoms with Crippen LogP contribution < -0.4 is 14.4 Å². The molecule has 1 saturated heterocycles. The summed E-state index contributed by atoms with van der Waals surface area (Å²) in [5.41, 5.74) is 2.96. The molecule has 4 aliphatic rings. The number of hydrogen-bond acceptors (Lipinski definition) is 6. The highest BCUT2D eigenvalue weighted by atomic mass is 32.2. The van der Waals surface area contributed by atoms with Gasteiger partial charge < -0.3 is 14.4 Å². The van der Waals surface area contributed by atoms with Crippen LogP contribution in [0.1, 0.15) is 30.4 Å². The summed E-state index contributed by atoms with van der Waals surface area (Å²) >= 11 is 0. The van der Waals surface area contributed by atoms with Crippen LogP contribution in [0, 0.1) is 5.92 Å². The number of amides is 1. The van der Waals surface area contributed by atoms with Crippen molar-refractivity contribution in [2.45, 2.75) is 37.1 Å². The van der Waals surface area contributed by atoms with Gasteiger partial charge in [-0.15, -0.1) is 0 Å². The fraction of sp³-hybridized carbons (Fsp3) is 0.480. The normalized spacial score (nSPS) is 20.9. The first-order valence-corrected chi connectivity index (χ1v) is 13.5. The van der Waals surface area contributed by atoms with Crippen LogP contribution >= 0.6 is 0 Å². The van der Waals surface area contributed by atoms with Crippen LogP contribution in [0.4, 0.5) is 5.69 Å². The van der Waals surface area contributed by atoms with Gasteiger partial charge >= 0.3 is 0 Å². The van der Waals surface area contributed by atoms with Crippen molar-refractivity contribution in [2.75, 3.05) is 44.4 Å². The van der Waals surface area contributed by atoms with Gasteiger partial charge in [0, 0.05) is 50.9 Å². The molecule has 0 radical (unpaired) electrons. The maximum Gasteiger partial charge on any atom is 0.243 e. The van der Waals surface area contributed by atoms with Crippen LogP contribution in [0.2, 0.25) is 0 Å². The first-order chi connectivity index (χ1) is 16.5. The Bertz CT molecular complexity index is 1220. The lowest BCUT2D eigenvalue weighted by Crippen LogP contribution is -2.48. The molecule has 180 valence electrons. The maximum absolute atomic E-state index is 13.4. The highest BCUT2D eigenvalue weighted by Crippen LogP contribution is 2.36. The van der Waals surface area contributed by atoms with Crippen molar-refractivity contribution in [3.05, 3.63) is 47.5 Å². The van der Waals surface area contributed by atoms with Crippen LogP contribution in [0.5, 0.6) is 11.5 Å². The lowest BCUT2D eigenvalue weighted by Gasteiger charge is -2.34. The number of carbonyl (C=O) groups is 1. The third kappa shape index (κ3) is 3.85. The molecule has 3 aliphatic heterocycles. The second kappa shape index (κ2) is 8.55. The summed E-state index contributed by atoms with van der Waals surface area (Å²) < 4.78 is 39.1. The van der Waals surface area contributed by atoms with E-state index in [0.29, 0.717) is 44.0 Å². The topological polar surface area (TPSA) is 79.4 Å². The number of piperazine rings is 1. The average Bonchev–Trinajstić information content (AvgIpc) is 3.44. The number of rotatable bonds is 5. The van der Waals surface area contributed by atoms with Gasteiger partial charge in [-0.1, -0.05) is 12.5 Å². The molecule has 0 spiro atoms. The molecular weight excluding hydrogens is 454 g/mol. The van der Waals surface area contributed by atoms with E-state index >= 15 is 0 Å². The van der Waals surface area contributed by atoms with Crippen molar-refractivity contribution in [3.63, 3.8) is 0 Å². The molecule has 0 bridgehead atoms. The standard InChI is InChI=1S/C25H29N3O5S/c29-25(19-2-1-3-19)28-9-8-20-15-21(5-6-22(20)28)34(30,31)27-12-10-26(11-13-27)16-18-4-7-23-24(14-18)33-17-32-23/h4-7,14-15,19H,1-3,8-13,16-17H2. The highest BCUT2D eigenvalue weighted by Gasteiger charge is 2.35. The second-order valence-corrected chi connectivity index (χ2v) is 11.5. The minimum Gasteiger partial charge on any atom is -0.454 e. The van der Waals surface area contributed by atoms with E-state index in [0.717, 1.165) is 54.1 Å². The Morgan fingerprint density at radius 2 is 1.74 bits per heavy atom. The smallest absolute Gasteiger partial charge is 0.243 e. The van der Waals surface area contributed by atoms with Crippen LogP contribution in [-0.4, -0.2) is 63.0 Å². The molecule has 2 aromatic rings. The summed E-state index contributed by atoms with van der Waals surface area (Å²) in [5.74, 6) is 1.87. The predicted octanol–water partition coefficient (Wildman–Crippen LogP) is 2.61. The Labute approximate surface area is 200 Å². The number of nitrogens with zero attached hydrogens (tertiary/aromatic N) is 3. The van der Waals surface area contributed by atoms with Crippen molar-refractivity contribution in [1.29, 1.82) is 0 Å². The van der Waals surface area contributed by atoms with Gasteiger partial charge in [-0.3, -0.25) is 9.69 Å². The molecule has 8 nitrogen and oxygen atoms in total. The van der Waals surface area contributed by atoms with Gasteiger partial charge in [-0.05, 0) is 60.7 Å². The molecular formula is C25H29N3O5S. The first kappa shape index (κ1) is 21.9. The number of ether oxygens (including phenoxy) is 2. The molecule has 3 heterocycles. The van der Waals surface area contributed by atoms with Gasteiger partial charge in [0.1, 0.15) is 0 Å². The molecule has 2 aromatic carbocycles. The van der Waals surface area contributed by atoms with E-state index < -0.39 is 10.0 Å². The first-order valence-electron chi connectivity index (χ1n) is 12.0. The number of sulfonamides is 1. The Morgan fingerprint density at radius 1 is 0.941 bits per heavy atom. The zero-order valence-corrected chi connectivity index (χ0v) is 19.9. The van der Waals surface area contributed by atoms with Crippen molar-refractivity contribution in [2.24, 2.45) is 5.92 Å². The molecule has 1 aliphatic carbocycles. The zero-order chi connectivity index (χ0) is 23.3. The van der Waals surface area contributed by atoms with Crippen LogP contribution in [0.25, 0.3) is 0 Å². The predicted molar refractivity (Wildman–Crippen MR) is 126 cm³/mol. The summed E-state index contributed by atoms with van der Waals surface area (Å²) in [6.07, 6.45) is 3.77. The molecule has 1 saturated carbocycles. The van der Waals surface area contributed by atoms with Crippen molar-refractivity contribution in [3.8, 4) is 11.5 Å². The summed E-state index contributed by atoms with van der Waals surface area (Å²) in [6, 6.07) is 11.2. The van der Waals surface area contributed by atoms with Crippen LogP contribution in [0.3, 0.4) is 0 Å². The monoisotopic (exact) mass is 483 g/mol. The van der Waals surface area contributed by atoms with Crippen molar-refractivity contribution in [1.82, 2.24) is 9.21 Å². The molecule has 34 heavy (non-hydrogen) atoms. The summed E-state index contributed by atoms with van der Waals surface area (Å²) in [5, 5.41) is 0. The third-order valence-corrected chi connectivity index (χ3v) is 9.37. The molecule has 9 heteroatoms. The van der Waals surface area contributed by atoms with Crippen LogP contribution in [-0.2, 0) is 27.8 Å². The number of anilines is 1. The van der Waals surface area contributed by atoms with E-state index in [-0.39, 0.29) is 18.6 Å². The summed E-state index contributed by atoms with van der Waals surface area (Å²) in [6.45, 7) is 3.89. The number of fused-ring (bicyclic) bond motifs is 2. The van der Waals surface area contributed by atoms with Gasteiger partial charge in [0.2, 0.25) is 22.7 Å². The van der Waals surface area contributed by atoms with E-state index in [1.54, 1.807) is 16.4 Å². The fourth-order valence-electron chi connectivity index (χ4n) is 5.22.